The summed E-state index contributed by atoms with van der Waals surface area (Å²) in [6, 6.07) is 5.89. The monoisotopic (exact) mass is 342 g/mol. The first-order valence-electron chi connectivity index (χ1n) is 7.45. The fourth-order valence-corrected chi connectivity index (χ4v) is 4.40. The first-order chi connectivity index (χ1) is 10.4. The summed E-state index contributed by atoms with van der Waals surface area (Å²) >= 11 is 1.73. The molecule has 1 aromatic rings. The molecule has 1 aromatic carbocycles. The van der Waals surface area contributed by atoms with E-state index >= 15 is 0 Å². The first-order valence-corrected chi connectivity index (χ1v) is 9.94. The predicted molar refractivity (Wildman–Crippen MR) is 90.4 cm³/mol. The number of primary sulfonamides is 1. The van der Waals surface area contributed by atoms with Crippen molar-refractivity contribution in [1.29, 1.82) is 0 Å². The summed E-state index contributed by atoms with van der Waals surface area (Å²) < 4.78 is 22.4. The lowest BCUT2D eigenvalue weighted by Crippen LogP contribution is -2.25. The maximum atomic E-state index is 12.2. The van der Waals surface area contributed by atoms with E-state index in [-0.39, 0.29) is 16.1 Å². The fraction of sp³-hybridized carbons (Fsp3) is 0.533. The van der Waals surface area contributed by atoms with Crippen LogP contribution in [0.3, 0.4) is 0 Å². The molecular weight excluding hydrogens is 320 g/mol. The minimum absolute atomic E-state index is 0.0372. The number of carbonyl (C=O) groups excluding carboxylic acids is 1. The van der Waals surface area contributed by atoms with Gasteiger partial charge in [0.2, 0.25) is 15.9 Å². The normalized spacial score (nSPS) is 17.9. The number of hydrogen-bond donors (Lipinski definition) is 2. The van der Waals surface area contributed by atoms with E-state index in [9.17, 15) is 13.2 Å². The zero-order valence-corrected chi connectivity index (χ0v) is 14.3. The van der Waals surface area contributed by atoms with Crippen LogP contribution in [-0.4, -0.2) is 24.8 Å². The van der Waals surface area contributed by atoms with E-state index < -0.39 is 10.0 Å². The molecule has 0 unspecified atom stereocenters. The Morgan fingerprint density at radius 1 is 1.23 bits per heavy atom. The molecule has 1 atom stereocenters. The van der Waals surface area contributed by atoms with Gasteiger partial charge in [0.05, 0.1) is 10.1 Å². The molecule has 2 rings (SSSR count). The van der Waals surface area contributed by atoms with Crippen LogP contribution >= 0.6 is 11.8 Å². The molecule has 1 saturated carbocycles. The molecular formula is C15H22N2O3S2. The Labute approximate surface area is 136 Å². The van der Waals surface area contributed by atoms with Gasteiger partial charge in [0.15, 0.2) is 0 Å². The first kappa shape index (κ1) is 17.3. The molecule has 1 aliphatic rings. The number of hydrogen-bond acceptors (Lipinski definition) is 4. The van der Waals surface area contributed by atoms with Gasteiger partial charge in [-0.15, -0.1) is 11.8 Å². The number of rotatable bonds is 5. The number of anilines is 1. The molecule has 0 spiro atoms. The van der Waals surface area contributed by atoms with Gasteiger partial charge in [-0.05, 0) is 44.0 Å². The lowest BCUT2D eigenvalue weighted by Gasteiger charge is -2.23. The SMILES string of the molecule is C[C@@H](SC1CCCCC1)C(=O)Nc1ccc(S(N)(=O)=O)cc1. The molecule has 0 radical (unpaired) electrons. The van der Waals surface area contributed by atoms with E-state index in [4.69, 9.17) is 5.14 Å². The Balaban J connectivity index is 1.90. The fourth-order valence-electron chi connectivity index (χ4n) is 2.52. The Bertz CT molecular complexity index is 608. The topological polar surface area (TPSA) is 89.3 Å². The summed E-state index contributed by atoms with van der Waals surface area (Å²) in [6.45, 7) is 1.91. The van der Waals surface area contributed by atoms with Gasteiger partial charge in [-0.2, -0.15) is 0 Å². The number of carbonyl (C=O) groups is 1. The van der Waals surface area contributed by atoms with Crippen molar-refractivity contribution >= 4 is 33.4 Å². The van der Waals surface area contributed by atoms with Gasteiger partial charge in [-0.3, -0.25) is 4.79 Å². The molecule has 5 nitrogen and oxygen atoms in total. The third-order valence-electron chi connectivity index (χ3n) is 3.77. The largest absolute Gasteiger partial charge is 0.325 e. The van der Waals surface area contributed by atoms with E-state index in [0.717, 1.165) is 0 Å². The molecule has 22 heavy (non-hydrogen) atoms. The van der Waals surface area contributed by atoms with Crippen LogP contribution in [0.25, 0.3) is 0 Å². The lowest BCUT2D eigenvalue weighted by molar-refractivity contribution is -0.115. The number of benzene rings is 1. The Hall–Kier alpha value is -1.05. The van der Waals surface area contributed by atoms with Crippen LogP contribution in [0.5, 0.6) is 0 Å². The molecule has 0 saturated heterocycles. The minimum atomic E-state index is -3.70. The van der Waals surface area contributed by atoms with Crippen LogP contribution in [0, 0.1) is 0 Å². The lowest BCUT2D eigenvalue weighted by atomic mass is 10.0. The molecule has 0 aliphatic heterocycles. The maximum absolute atomic E-state index is 12.2. The molecule has 1 amide bonds. The number of thioether (sulfide) groups is 1. The van der Waals surface area contributed by atoms with Crippen molar-refractivity contribution in [2.75, 3.05) is 5.32 Å². The van der Waals surface area contributed by atoms with E-state index in [1.807, 2.05) is 6.92 Å². The molecule has 122 valence electrons. The van der Waals surface area contributed by atoms with Gasteiger partial charge < -0.3 is 5.32 Å². The standard InChI is InChI=1S/C15H22N2O3S2/c1-11(21-13-5-3-2-4-6-13)15(18)17-12-7-9-14(10-8-12)22(16,19)20/h7-11,13H,2-6H2,1H3,(H,17,18)(H2,16,19,20)/t11-/m1/s1. The van der Waals surface area contributed by atoms with Gasteiger partial charge in [-0.25, -0.2) is 13.6 Å². The summed E-state index contributed by atoms with van der Waals surface area (Å²) in [6.07, 6.45) is 6.17. The highest BCUT2D eigenvalue weighted by Crippen LogP contribution is 2.31. The van der Waals surface area contributed by atoms with Crippen molar-refractivity contribution in [1.82, 2.24) is 0 Å². The average molecular weight is 342 g/mol. The number of sulfonamides is 1. The average Bonchev–Trinajstić information content (AvgIpc) is 2.48. The van der Waals surface area contributed by atoms with Gasteiger partial charge in [0, 0.05) is 10.9 Å². The predicted octanol–water partition coefficient (Wildman–Crippen LogP) is 2.73. The van der Waals surface area contributed by atoms with E-state index in [2.05, 4.69) is 5.32 Å². The number of amides is 1. The second kappa shape index (κ2) is 7.48. The van der Waals surface area contributed by atoms with Crippen LogP contribution in [0.15, 0.2) is 29.2 Å². The Kier molecular flexibility index (Phi) is 5.88. The van der Waals surface area contributed by atoms with Crippen molar-refractivity contribution in [2.24, 2.45) is 5.14 Å². The smallest absolute Gasteiger partial charge is 0.238 e. The zero-order chi connectivity index (χ0) is 16.2. The molecule has 0 aromatic heterocycles. The van der Waals surface area contributed by atoms with Crippen molar-refractivity contribution in [3.8, 4) is 0 Å². The summed E-state index contributed by atoms with van der Waals surface area (Å²) in [7, 11) is -3.70. The van der Waals surface area contributed by atoms with Crippen molar-refractivity contribution in [2.45, 2.75) is 54.4 Å². The number of nitrogens with one attached hydrogen (secondary N) is 1. The molecule has 3 N–H and O–H groups in total. The molecule has 1 fully saturated rings. The molecule has 1 aliphatic carbocycles. The number of nitrogens with two attached hydrogens (primary N) is 1. The van der Waals surface area contributed by atoms with Gasteiger partial charge in [0.1, 0.15) is 0 Å². The molecule has 0 heterocycles. The Morgan fingerprint density at radius 3 is 2.36 bits per heavy atom. The molecule has 7 heteroatoms. The highest BCUT2D eigenvalue weighted by atomic mass is 32.2. The summed E-state index contributed by atoms with van der Waals surface area (Å²) in [5.74, 6) is -0.0565. The van der Waals surface area contributed by atoms with Crippen molar-refractivity contribution in [3.05, 3.63) is 24.3 Å². The van der Waals surface area contributed by atoms with Gasteiger partial charge >= 0.3 is 0 Å². The third kappa shape index (κ3) is 5.00. The van der Waals surface area contributed by atoms with E-state index in [1.54, 1.807) is 23.9 Å². The quantitative estimate of drug-likeness (QED) is 0.861. The maximum Gasteiger partial charge on any atom is 0.238 e. The summed E-state index contributed by atoms with van der Waals surface area (Å²) in [5, 5.41) is 8.30. The summed E-state index contributed by atoms with van der Waals surface area (Å²) in [4.78, 5) is 12.2. The Morgan fingerprint density at radius 2 is 1.82 bits per heavy atom. The molecule has 0 bridgehead atoms. The third-order valence-corrected chi connectivity index (χ3v) is 6.18. The van der Waals surface area contributed by atoms with Gasteiger partial charge in [-0.1, -0.05) is 19.3 Å². The van der Waals surface area contributed by atoms with Crippen LogP contribution in [-0.2, 0) is 14.8 Å². The highest BCUT2D eigenvalue weighted by molar-refractivity contribution is 8.01. The minimum Gasteiger partial charge on any atom is -0.325 e. The second-order valence-electron chi connectivity index (χ2n) is 5.60. The van der Waals surface area contributed by atoms with Crippen molar-refractivity contribution < 1.29 is 13.2 Å². The highest BCUT2D eigenvalue weighted by Gasteiger charge is 2.21. The van der Waals surface area contributed by atoms with Gasteiger partial charge in [0.25, 0.3) is 0 Å². The van der Waals surface area contributed by atoms with Crippen LogP contribution in [0.1, 0.15) is 39.0 Å². The van der Waals surface area contributed by atoms with Crippen molar-refractivity contribution in [3.63, 3.8) is 0 Å². The van der Waals surface area contributed by atoms with E-state index in [1.165, 1.54) is 44.2 Å². The van der Waals surface area contributed by atoms with Crippen LogP contribution < -0.4 is 10.5 Å². The summed E-state index contributed by atoms with van der Waals surface area (Å²) in [5.41, 5.74) is 0.577. The zero-order valence-electron chi connectivity index (χ0n) is 12.6. The second-order valence-corrected chi connectivity index (χ2v) is 8.80. The van der Waals surface area contributed by atoms with Crippen LogP contribution in [0.4, 0.5) is 5.69 Å². The van der Waals surface area contributed by atoms with E-state index in [0.29, 0.717) is 10.9 Å². The van der Waals surface area contributed by atoms with Crippen LogP contribution in [0.2, 0.25) is 0 Å².